The molecule has 6 nitrogen and oxygen atoms in total. The molecule has 0 bridgehead atoms. The van der Waals surface area contributed by atoms with E-state index in [1.165, 1.54) is 6.07 Å². The van der Waals surface area contributed by atoms with Crippen molar-refractivity contribution in [3.8, 4) is 0 Å². The maximum absolute atomic E-state index is 12.6. The number of fused-ring (bicyclic) bond motifs is 1. The van der Waals surface area contributed by atoms with Crippen LogP contribution in [0.3, 0.4) is 0 Å². The Morgan fingerprint density at radius 1 is 1.00 bits per heavy atom. The van der Waals surface area contributed by atoms with Gasteiger partial charge in [-0.05, 0) is 43.2 Å². The predicted molar refractivity (Wildman–Crippen MR) is 105 cm³/mol. The van der Waals surface area contributed by atoms with Gasteiger partial charge in [-0.1, -0.05) is 37.6 Å². The molecule has 0 fully saturated rings. The van der Waals surface area contributed by atoms with Gasteiger partial charge in [0.1, 0.15) is 0 Å². The van der Waals surface area contributed by atoms with Crippen LogP contribution in [-0.2, 0) is 0 Å². The number of imide groups is 1. The molecule has 1 atom stereocenters. The first kappa shape index (κ1) is 18.9. The summed E-state index contributed by atoms with van der Waals surface area (Å²) in [5.74, 6) is -0.529. The first-order chi connectivity index (χ1) is 12.8. The minimum absolute atomic E-state index is 0.0121. The number of urea groups is 1. The van der Waals surface area contributed by atoms with Crippen molar-refractivity contribution >= 4 is 40.8 Å². The summed E-state index contributed by atoms with van der Waals surface area (Å²) in [6.07, 6.45) is 0. The topological polar surface area (TPSA) is 78.5 Å². The molecular weight excluding hydrogens is 366 g/mol. The number of amides is 4. The maximum Gasteiger partial charge on any atom is 0.319 e. The van der Waals surface area contributed by atoms with Gasteiger partial charge in [0.05, 0.1) is 21.8 Å². The van der Waals surface area contributed by atoms with Crippen molar-refractivity contribution in [2.24, 2.45) is 5.92 Å². The molecule has 7 heteroatoms. The number of nitrogens with zero attached hydrogens (tertiary/aromatic N) is 1. The lowest BCUT2D eigenvalue weighted by atomic mass is 10.1. The molecule has 2 aromatic carbocycles. The fraction of sp³-hybridized carbons (Fsp3) is 0.250. The third kappa shape index (κ3) is 3.66. The molecule has 3 rings (SSSR count). The van der Waals surface area contributed by atoms with E-state index in [1.54, 1.807) is 36.4 Å². The third-order valence-electron chi connectivity index (χ3n) is 4.60. The number of nitrogens with one attached hydrogen (secondary N) is 2. The molecule has 2 aromatic rings. The summed E-state index contributed by atoms with van der Waals surface area (Å²) in [5, 5.41) is 5.73. The lowest BCUT2D eigenvalue weighted by molar-refractivity contribution is 0.0926. The standard InChI is InChI=1S/C20H20ClN3O3/c1-11(2)12(3)22-20(27)23-13-8-9-17(16(21)10-13)24-18(25)14-6-4-5-7-15(14)19(24)26/h4-12H,1-3H3,(H2,22,23,27). The molecule has 0 saturated heterocycles. The highest BCUT2D eigenvalue weighted by atomic mass is 35.5. The minimum atomic E-state index is -0.415. The second-order valence-electron chi connectivity index (χ2n) is 6.79. The molecule has 0 aromatic heterocycles. The molecule has 140 valence electrons. The molecule has 4 amide bonds. The summed E-state index contributed by atoms with van der Waals surface area (Å²) >= 11 is 6.30. The summed E-state index contributed by atoms with van der Waals surface area (Å²) in [5.41, 5.74) is 1.45. The Balaban J connectivity index is 1.79. The lowest BCUT2D eigenvalue weighted by Crippen LogP contribution is -2.39. The van der Waals surface area contributed by atoms with Gasteiger partial charge in [-0.2, -0.15) is 0 Å². The number of rotatable bonds is 4. The van der Waals surface area contributed by atoms with E-state index in [-0.39, 0.29) is 22.8 Å². The molecule has 1 aliphatic heterocycles. The average molecular weight is 386 g/mol. The van der Waals surface area contributed by atoms with Crippen molar-refractivity contribution in [2.45, 2.75) is 26.8 Å². The molecule has 2 N–H and O–H groups in total. The van der Waals surface area contributed by atoms with Crippen LogP contribution in [0.5, 0.6) is 0 Å². The van der Waals surface area contributed by atoms with E-state index in [2.05, 4.69) is 10.6 Å². The van der Waals surface area contributed by atoms with Crippen molar-refractivity contribution in [3.63, 3.8) is 0 Å². The fourth-order valence-electron chi connectivity index (χ4n) is 2.71. The monoisotopic (exact) mass is 385 g/mol. The predicted octanol–water partition coefficient (Wildman–Crippen LogP) is 4.31. The number of halogens is 1. The number of carbonyl (C=O) groups excluding carboxylic acids is 3. The first-order valence-corrected chi connectivity index (χ1v) is 9.02. The van der Waals surface area contributed by atoms with Crippen molar-refractivity contribution in [1.29, 1.82) is 0 Å². The van der Waals surface area contributed by atoms with E-state index in [4.69, 9.17) is 11.6 Å². The number of hydrogen-bond donors (Lipinski definition) is 2. The van der Waals surface area contributed by atoms with Gasteiger partial charge in [-0.25, -0.2) is 9.69 Å². The Bertz CT molecular complexity index is 891. The molecule has 0 aliphatic carbocycles. The Labute approximate surface area is 162 Å². The van der Waals surface area contributed by atoms with Crippen molar-refractivity contribution in [2.75, 3.05) is 10.2 Å². The number of carbonyl (C=O) groups is 3. The van der Waals surface area contributed by atoms with E-state index in [0.29, 0.717) is 22.7 Å². The largest absolute Gasteiger partial charge is 0.335 e. The van der Waals surface area contributed by atoms with Gasteiger partial charge in [0, 0.05) is 11.7 Å². The SMILES string of the molecule is CC(C)C(C)NC(=O)Nc1ccc(N2C(=O)c3ccccc3C2=O)c(Cl)c1. The van der Waals surface area contributed by atoms with Crippen LogP contribution in [0.4, 0.5) is 16.2 Å². The van der Waals surface area contributed by atoms with Crippen LogP contribution in [-0.4, -0.2) is 23.9 Å². The average Bonchev–Trinajstić information content (AvgIpc) is 2.87. The quantitative estimate of drug-likeness (QED) is 0.770. The Morgan fingerprint density at radius 2 is 1.59 bits per heavy atom. The molecule has 1 aliphatic rings. The van der Waals surface area contributed by atoms with Crippen LogP contribution >= 0.6 is 11.6 Å². The van der Waals surface area contributed by atoms with Gasteiger partial charge < -0.3 is 10.6 Å². The van der Waals surface area contributed by atoms with E-state index in [9.17, 15) is 14.4 Å². The Kier molecular flexibility index (Phi) is 5.19. The lowest BCUT2D eigenvalue weighted by Gasteiger charge is -2.19. The van der Waals surface area contributed by atoms with Gasteiger partial charge in [0.15, 0.2) is 0 Å². The second-order valence-corrected chi connectivity index (χ2v) is 7.20. The summed E-state index contributed by atoms with van der Waals surface area (Å²) in [6, 6.07) is 11.0. The molecule has 1 heterocycles. The maximum atomic E-state index is 12.6. The van der Waals surface area contributed by atoms with Crippen LogP contribution in [0.1, 0.15) is 41.5 Å². The highest BCUT2D eigenvalue weighted by Crippen LogP contribution is 2.34. The molecular formula is C20H20ClN3O3. The molecule has 27 heavy (non-hydrogen) atoms. The van der Waals surface area contributed by atoms with Gasteiger partial charge >= 0.3 is 6.03 Å². The summed E-state index contributed by atoms with van der Waals surface area (Å²) in [7, 11) is 0. The van der Waals surface area contributed by atoms with E-state index >= 15 is 0 Å². The number of benzene rings is 2. The van der Waals surface area contributed by atoms with Crippen molar-refractivity contribution < 1.29 is 14.4 Å². The first-order valence-electron chi connectivity index (χ1n) is 8.64. The molecule has 0 spiro atoms. The summed E-state index contributed by atoms with van der Waals surface area (Å²) in [4.78, 5) is 38.3. The normalized spacial score (nSPS) is 14.3. The van der Waals surface area contributed by atoms with Crippen LogP contribution in [0, 0.1) is 5.92 Å². The highest BCUT2D eigenvalue weighted by Gasteiger charge is 2.37. The second kappa shape index (κ2) is 7.40. The molecule has 1 unspecified atom stereocenters. The van der Waals surface area contributed by atoms with Gasteiger partial charge in [0.2, 0.25) is 0 Å². The van der Waals surface area contributed by atoms with E-state index in [0.717, 1.165) is 4.90 Å². The highest BCUT2D eigenvalue weighted by molar-refractivity contribution is 6.40. The zero-order valence-corrected chi connectivity index (χ0v) is 16.0. The van der Waals surface area contributed by atoms with Gasteiger partial charge in [0.25, 0.3) is 11.8 Å². The smallest absolute Gasteiger partial charge is 0.319 e. The van der Waals surface area contributed by atoms with Gasteiger partial charge in [-0.15, -0.1) is 0 Å². The third-order valence-corrected chi connectivity index (χ3v) is 4.90. The Morgan fingerprint density at radius 3 is 2.11 bits per heavy atom. The van der Waals surface area contributed by atoms with Crippen LogP contribution in [0.15, 0.2) is 42.5 Å². The summed E-state index contributed by atoms with van der Waals surface area (Å²) < 4.78 is 0. The van der Waals surface area contributed by atoms with Crippen LogP contribution < -0.4 is 15.5 Å². The van der Waals surface area contributed by atoms with Gasteiger partial charge in [-0.3, -0.25) is 9.59 Å². The van der Waals surface area contributed by atoms with Crippen molar-refractivity contribution in [3.05, 3.63) is 58.6 Å². The van der Waals surface area contributed by atoms with Crippen LogP contribution in [0.2, 0.25) is 5.02 Å². The Hall–Kier alpha value is -2.86. The van der Waals surface area contributed by atoms with E-state index in [1.807, 2.05) is 20.8 Å². The zero-order chi connectivity index (χ0) is 19.7. The minimum Gasteiger partial charge on any atom is -0.335 e. The fourth-order valence-corrected chi connectivity index (χ4v) is 2.98. The number of hydrogen-bond acceptors (Lipinski definition) is 3. The molecule has 0 saturated carbocycles. The summed E-state index contributed by atoms with van der Waals surface area (Å²) in [6.45, 7) is 5.94. The zero-order valence-electron chi connectivity index (χ0n) is 15.2. The van der Waals surface area contributed by atoms with E-state index < -0.39 is 11.8 Å². The number of anilines is 2. The molecule has 0 radical (unpaired) electrons. The van der Waals surface area contributed by atoms with Crippen molar-refractivity contribution in [1.82, 2.24) is 5.32 Å². The van der Waals surface area contributed by atoms with Crippen LogP contribution in [0.25, 0.3) is 0 Å².